The summed E-state index contributed by atoms with van der Waals surface area (Å²) in [7, 11) is 1.37. The minimum Gasteiger partial charge on any atom is -0.465 e. The molecular weight excluding hydrogens is 364 g/mol. The molecule has 4 aromatic rings. The van der Waals surface area contributed by atoms with E-state index in [1.807, 2.05) is 35.1 Å². The van der Waals surface area contributed by atoms with E-state index in [0.717, 1.165) is 27.7 Å². The van der Waals surface area contributed by atoms with E-state index in [0.29, 0.717) is 17.3 Å². The molecule has 1 aromatic carbocycles. The van der Waals surface area contributed by atoms with Crippen molar-refractivity contribution in [1.29, 1.82) is 0 Å². The second-order valence-corrected chi connectivity index (χ2v) is 6.40. The number of carbonyl (C=O) groups is 1. The molecule has 6 nitrogen and oxygen atoms in total. The molecule has 0 saturated heterocycles. The van der Waals surface area contributed by atoms with Crippen LogP contribution in [0.15, 0.2) is 61.1 Å². The predicted octanol–water partition coefficient (Wildman–Crippen LogP) is 3.98. The molecule has 3 heterocycles. The molecule has 0 amide bonds. The van der Waals surface area contributed by atoms with Gasteiger partial charge in [0.25, 0.3) is 0 Å². The third-order valence-corrected chi connectivity index (χ3v) is 4.40. The van der Waals surface area contributed by atoms with Crippen molar-refractivity contribution in [1.82, 2.24) is 19.7 Å². The maximum atomic E-state index is 11.5. The Bertz CT molecular complexity index is 1120. The molecule has 27 heavy (non-hydrogen) atoms. The van der Waals surface area contributed by atoms with Gasteiger partial charge in [0.15, 0.2) is 0 Å². The first kappa shape index (κ1) is 17.2. The maximum absolute atomic E-state index is 11.5. The lowest BCUT2D eigenvalue weighted by molar-refractivity contribution is 0.0600. The highest BCUT2D eigenvalue weighted by Gasteiger charge is 2.07. The molecule has 0 unspecified atom stereocenters. The number of hydrogen-bond donors (Lipinski definition) is 0. The normalized spacial score (nSPS) is 10.9. The zero-order valence-corrected chi connectivity index (χ0v) is 15.2. The second-order valence-electron chi connectivity index (χ2n) is 6.01. The lowest BCUT2D eigenvalue weighted by Gasteiger charge is -2.04. The van der Waals surface area contributed by atoms with Crippen LogP contribution >= 0.6 is 11.6 Å². The topological polar surface area (TPSA) is 69.9 Å². The largest absolute Gasteiger partial charge is 0.465 e. The molecule has 0 radical (unpaired) electrons. The fourth-order valence-electron chi connectivity index (χ4n) is 2.79. The van der Waals surface area contributed by atoms with E-state index < -0.39 is 0 Å². The Morgan fingerprint density at radius 2 is 1.89 bits per heavy atom. The number of fused-ring (bicyclic) bond motifs is 1. The Hall–Kier alpha value is -3.25. The van der Waals surface area contributed by atoms with Crippen molar-refractivity contribution in [2.45, 2.75) is 6.54 Å². The average molecular weight is 379 g/mol. The lowest BCUT2D eigenvalue weighted by Crippen LogP contribution is -2.03. The van der Waals surface area contributed by atoms with Gasteiger partial charge < -0.3 is 4.74 Å². The Labute approximate surface area is 160 Å². The zero-order chi connectivity index (χ0) is 18.8. The van der Waals surface area contributed by atoms with E-state index in [1.54, 1.807) is 30.6 Å². The van der Waals surface area contributed by atoms with E-state index >= 15 is 0 Å². The fraction of sp³-hybridized carbons (Fsp3) is 0.100. The van der Waals surface area contributed by atoms with Crippen LogP contribution in [-0.2, 0) is 11.3 Å². The van der Waals surface area contributed by atoms with Gasteiger partial charge in [-0.2, -0.15) is 5.10 Å². The van der Waals surface area contributed by atoms with Crippen LogP contribution in [0.4, 0.5) is 0 Å². The van der Waals surface area contributed by atoms with Gasteiger partial charge in [-0.15, -0.1) is 0 Å². The van der Waals surface area contributed by atoms with Gasteiger partial charge in [0.1, 0.15) is 5.15 Å². The van der Waals surface area contributed by atoms with Gasteiger partial charge in [-0.05, 0) is 35.9 Å². The number of hydrogen-bond acceptors (Lipinski definition) is 5. The summed E-state index contributed by atoms with van der Waals surface area (Å²) in [6, 6.07) is 12.8. The van der Waals surface area contributed by atoms with Crippen molar-refractivity contribution in [2.24, 2.45) is 0 Å². The molecule has 0 aliphatic heterocycles. The van der Waals surface area contributed by atoms with Crippen molar-refractivity contribution >= 4 is 28.6 Å². The first-order valence-electron chi connectivity index (χ1n) is 8.25. The third-order valence-electron chi connectivity index (χ3n) is 4.19. The van der Waals surface area contributed by atoms with Crippen LogP contribution in [0, 0.1) is 0 Å². The van der Waals surface area contributed by atoms with Gasteiger partial charge in [-0.3, -0.25) is 9.67 Å². The van der Waals surface area contributed by atoms with Crippen molar-refractivity contribution in [3.05, 3.63) is 77.3 Å². The maximum Gasteiger partial charge on any atom is 0.337 e. The number of nitrogens with zero attached hydrogens (tertiary/aromatic N) is 4. The van der Waals surface area contributed by atoms with Crippen molar-refractivity contribution in [3.8, 4) is 11.1 Å². The minimum absolute atomic E-state index is 0.347. The fourth-order valence-corrected chi connectivity index (χ4v) is 2.94. The van der Waals surface area contributed by atoms with Crippen LogP contribution in [-0.4, -0.2) is 32.8 Å². The lowest BCUT2D eigenvalue weighted by atomic mass is 10.1. The van der Waals surface area contributed by atoms with E-state index in [4.69, 9.17) is 16.3 Å². The Morgan fingerprint density at radius 1 is 1.07 bits per heavy atom. The summed E-state index contributed by atoms with van der Waals surface area (Å²) >= 11 is 5.97. The van der Waals surface area contributed by atoms with Crippen molar-refractivity contribution in [3.63, 3.8) is 0 Å². The molecule has 0 aliphatic rings. The van der Waals surface area contributed by atoms with Crippen LogP contribution in [0.1, 0.15) is 15.9 Å². The molecule has 7 heteroatoms. The van der Waals surface area contributed by atoms with Crippen LogP contribution < -0.4 is 0 Å². The molecule has 4 rings (SSSR count). The van der Waals surface area contributed by atoms with Crippen LogP contribution in [0.2, 0.25) is 5.15 Å². The van der Waals surface area contributed by atoms with Crippen LogP contribution in [0.25, 0.3) is 22.2 Å². The van der Waals surface area contributed by atoms with E-state index in [1.165, 1.54) is 7.11 Å². The quantitative estimate of drug-likeness (QED) is 0.397. The Balaban J connectivity index is 1.55. The highest BCUT2D eigenvalue weighted by Crippen LogP contribution is 2.22. The van der Waals surface area contributed by atoms with Crippen molar-refractivity contribution < 1.29 is 9.53 Å². The molecule has 0 saturated carbocycles. The van der Waals surface area contributed by atoms with Crippen LogP contribution in [0.3, 0.4) is 0 Å². The van der Waals surface area contributed by atoms with Crippen molar-refractivity contribution in [2.75, 3.05) is 7.11 Å². The number of ether oxygens (including phenoxy) is 1. The number of esters is 1. The highest BCUT2D eigenvalue weighted by atomic mass is 35.5. The minimum atomic E-state index is -0.347. The molecular formula is C20H15ClN4O2. The number of halogens is 1. The zero-order valence-electron chi connectivity index (χ0n) is 14.5. The van der Waals surface area contributed by atoms with Gasteiger partial charge >= 0.3 is 5.97 Å². The molecule has 0 spiro atoms. The summed E-state index contributed by atoms with van der Waals surface area (Å²) in [5.74, 6) is -0.347. The van der Waals surface area contributed by atoms with E-state index in [9.17, 15) is 4.79 Å². The molecule has 0 N–H and O–H groups in total. The van der Waals surface area contributed by atoms with E-state index in [2.05, 4.69) is 15.1 Å². The number of rotatable bonds is 4. The predicted molar refractivity (Wildman–Crippen MR) is 103 cm³/mol. The summed E-state index contributed by atoms with van der Waals surface area (Å²) in [5, 5.41) is 4.85. The standard InChI is InChI=1S/C20H15ClN4O2/c1-27-20(26)14-4-2-13(3-5-14)11-25-12-16(10-23-25)15-8-18-17(22-9-15)6-7-19(21)24-18/h2-10,12H,11H2,1H3. The molecule has 0 atom stereocenters. The second kappa shape index (κ2) is 7.17. The van der Waals surface area contributed by atoms with Gasteiger partial charge in [0.2, 0.25) is 0 Å². The summed E-state index contributed by atoms with van der Waals surface area (Å²) in [4.78, 5) is 20.2. The smallest absolute Gasteiger partial charge is 0.337 e. The number of pyridine rings is 2. The summed E-state index contributed by atoms with van der Waals surface area (Å²) in [6.45, 7) is 0.590. The first-order chi connectivity index (χ1) is 13.1. The Morgan fingerprint density at radius 3 is 2.67 bits per heavy atom. The van der Waals surface area contributed by atoms with E-state index in [-0.39, 0.29) is 5.97 Å². The van der Waals surface area contributed by atoms with Gasteiger partial charge in [-0.1, -0.05) is 23.7 Å². The molecule has 134 valence electrons. The summed E-state index contributed by atoms with van der Waals surface area (Å²) < 4.78 is 6.54. The molecule has 0 bridgehead atoms. The highest BCUT2D eigenvalue weighted by molar-refractivity contribution is 6.29. The summed E-state index contributed by atoms with van der Waals surface area (Å²) in [5.41, 5.74) is 4.95. The van der Waals surface area contributed by atoms with Gasteiger partial charge in [0, 0.05) is 23.5 Å². The monoisotopic (exact) mass is 378 g/mol. The van der Waals surface area contributed by atoms with Gasteiger partial charge in [-0.25, -0.2) is 9.78 Å². The number of carbonyl (C=O) groups excluding carboxylic acids is 1. The first-order valence-corrected chi connectivity index (χ1v) is 8.62. The number of aromatic nitrogens is 4. The number of methoxy groups -OCH3 is 1. The van der Waals surface area contributed by atoms with Crippen LogP contribution in [0.5, 0.6) is 0 Å². The molecule has 0 aliphatic carbocycles. The molecule has 3 aromatic heterocycles. The average Bonchev–Trinajstić information content (AvgIpc) is 3.16. The summed E-state index contributed by atoms with van der Waals surface area (Å²) in [6.07, 6.45) is 5.53. The van der Waals surface area contributed by atoms with Gasteiger partial charge in [0.05, 0.1) is 36.4 Å². The SMILES string of the molecule is COC(=O)c1ccc(Cn2cc(-c3cnc4ccc(Cl)nc4c3)cn2)cc1. The molecule has 0 fully saturated rings. The third kappa shape index (κ3) is 3.66. The number of benzene rings is 1. The Kier molecular flexibility index (Phi) is 4.56.